The van der Waals surface area contributed by atoms with E-state index in [0.717, 1.165) is 57.4 Å². The van der Waals surface area contributed by atoms with Crippen LogP contribution in [0.5, 0.6) is 0 Å². The van der Waals surface area contributed by atoms with E-state index in [-0.39, 0.29) is 5.91 Å². The smallest absolute Gasteiger partial charge is 0.270 e. The molecule has 1 amide bonds. The molecule has 1 aromatic heterocycles. The van der Waals surface area contributed by atoms with Gasteiger partial charge in [0.1, 0.15) is 5.69 Å². The average molecular weight is 279 g/mol. The summed E-state index contributed by atoms with van der Waals surface area (Å²) in [5, 5.41) is 0. The highest BCUT2D eigenvalue weighted by atomic mass is 16.2. The van der Waals surface area contributed by atoms with Gasteiger partial charge in [-0.1, -0.05) is 33.6 Å². The van der Waals surface area contributed by atoms with Crippen LogP contribution in [0.25, 0.3) is 0 Å². The zero-order valence-electron chi connectivity index (χ0n) is 13.2. The lowest BCUT2D eigenvalue weighted by Gasteiger charge is -2.23. The average Bonchev–Trinajstić information content (AvgIpc) is 2.80. The number of hydrogen-bond acceptors (Lipinski definition) is 2. The highest BCUT2D eigenvalue weighted by Gasteiger charge is 2.19. The molecule has 0 aromatic carbocycles. The van der Waals surface area contributed by atoms with Crippen molar-refractivity contribution in [3.05, 3.63) is 18.0 Å². The molecule has 1 heterocycles. The van der Waals surface area contributed by atoms with Crippen LogP contribution in [-0.4, -0.2) is 28.5 Å². The van der Waals surface area contributed by atoms with E-state index in [1.54, 1.807) is 0 Å². The van der Waals surface area contributed by atoms with Crippen molar-refractivity contribution in [1.82, 2.24) is 9.47 Å². The Kier molecular flexibility index (Phi) is 7.20. The maximum absolute atomic E-state index is 12.7. The van der Waals surface area contributed by atoms with Crippen LogP contribution in [0.3, 0.4) is 0 Å². The minimum Gasteiger partial charge on any atom is -0.397 e. The molecule has 0 aliphatic heterocycles. The van der Waals surface area contributed by atoms with E-state index in [4.69, 9.17) is 5.73 Å². The fraction of sp³-hybridized carbons (Fsp3) is 0.688. The van der Waals surface area contributed by atoms with Crippen molar-refractivity contribution in [2.45, 2.75) is 59.4 Å². The second kappa shape index (κ2) is 8.67. The molecule has 0 spiro atoms. The van der Waals surface area contributed by atoms with E-state index >= 15 is 0 Å². The number of aromatic nitrogens is 1. The van der Waals surface area contributed by atoms with E-state index < -0.39 is 0 Å². The Balaban J connectivity index is 2.86. The van der Waals surface area contributed by atoms with Crippen LogP contribution in [0.4, 0.5) is 5.69 Å². The standard InChI is InChI=1S/C16H29N3O/c1-4-7-10-18(11-8-5-2)16(20)15-12-14(17)13-19(15)9-6-3/h12-13H,4-11,17H2,1-3H3. The summed E-state index contributed by atoms with van der Waals surface area (Å²) in [4.78, 5) is 14.7. The molecule has 0 saturated carbocycles. The number of carbonyl (C=O) groups is 1. The van der Waals surface area contributed by atoms with Gasteiger partial charge in [0.15, 0.2) is 0 Å². The van der Waals surface area contributed by atoms with Crippen LogP contribution < -0.4 is 5.73 Å². The summed E-state index contributed by atoms with van der Waals surface area (Å²) in [5.41, 5.74) is 7.26. The number of amides is 1. The molecule has 114 valence electrons. The van der Waals surface area contributed by atoms with Gasteiger partial charge >= 0.3 is 0 Å². The molecule has 20 heavy (non-hydrogen) atoms. The van der Waals surface area contributed by atoms with Crippen LogP contribution in [0.2, 0.25) is 0 Å². The van der Waals surface area contributed by atoms with Gasteiger partial charge in [-0.15, -0.1) is 0 Å². The number of aryl methyl sites for hydroxylation is 1. The molecule has 2 N–H and O–H groups in total. The third kappa shape index (κ3) is 4.58. The Hall–Kier alpha value is -1.45. The molecule has 4 heteroatoms. The second-order valence-corrected chi connectivity index (χ2v) is 5.35. The molecule has 0 fully saturated rings. The number of nitrogens with zero attached hydrogens (tertiary/aromatic N) is 2. The topological polar surface area (TPSA) is 51.3 Å². The van der Waals surface area contributed by atoms with Gasteiger partial charge in [-0.25, -0.2) is 0 Å². The van der Waals surface area contributed by atoms with Crippen molar-refractivity contribution >= 4 is 11.6 Å². The van der Waals surface area contributed by atoms with Crippen molar-refractivity contribution in [3.63, 3.8) is 0 Å². The van der Waals surface area contributed by atoms with E-state index in [0.29, 0.717) is 5.69 Å². The van der Waals surface area contributed by atoms with Crippen molar-refractivity contribution in [2.75, 3.05) is 18.8 Å². The number of nitrogen functional groups attached to an aromatic ring is 1. The molecule has 1 aromatic rings. The Morgan fingerprint density at radius 3 is 2.25 bits per heavy atom. The number of anilines is 1. The summed E-state index contributed by atoms with van der Waals surface area (Å²) in [5.74, 6) is 0.122. The maximum atomic E-state index is 12.7. The van der Waals surface area contributed by atoms with Crippen LogP contribution in [-0.2, 0) is 6.54 Å². The third-order valence-corrected chi connectivity index (χ3v) is 3.45. The SMILES string of the molecule is CCCCN(CCCC)C(=O)c1cc(N)cn1CCC. The van der Waals surface area contributed by atoms with Gasteiger partial charge < -0.3 is 15.2 Å². The van der Waals surface area contributed by atoms with Gasteiger partial charge in [0.2, 0.25) is 0 Å². The zero-order valence-corrected chi connectivity index (χ0v) is 13.2. The van der Waals surface area contributed by atoms with Crippen molar-refractivity contribution in [2.24, 2.45) is 0 Å². The number of unbranched alkanes of at least 4 members (excludes halogenated alkanes) is 2. The summed E-state index contributed by atoms with van der Waals surface area (Å²) in [6.45, 7) is 8.93. The molecule has 0 bridgehead atoms. The molecule has 0 aliphatic rings. The number of carbonyl (C=O) groups excluding carboxylic acids is 1. The quantitative estimate of drug-likeness (QED) is 0.752. The van der Waals surface area contributed by atoms with Crippen LogP contribution >= 0.6 is 0 Å². The highest BCUT2D eigenvalue weighted by Crippen LogP contribution is 2.15. The summed E-state index contributed by atoms with van der Waals surface area (Å²) >= 11 is 0. The molecule has 0 saturated heterocycles. The second-order valence-electron chi connectivity index (χ2n) is 5.35. The van der Waals surface area contributed by atoms with Crippen LogP contribution in [0, 0.1) is 0 Å². The Labute approximate surface area is 122 Å². The largest absolute Gasteiger partial charge is 0.397 e. The minimum absolute atomic E-state index is 0.122. The van der Waals surface area contributed by atoms with Crippen LogP contribution in [0.15, 0.2) is 12.3 Å². The summed E-state index contributed by atoms with van der Waals surface area (Å²) in [7, 11) is 0. The van der Waals surface area contributed by atoms with Crippen molar-refractivity contribution in [1.29, 1.82) is 0 Å². The van der Waals surface area contributed by atoms with E-state index in [1.807, 2.05) is 21.7 Å². The first-order chi connectivity index (χ1) is 9.63. The van der Waals surface area contributed by atoms with E-state index in [1.165, 1.54) is 0 Å². The molecule has 4 nitrogen and oxygen atoms in total. The van der Waals surface area contributed by atoms with Gasteiger partial charge in [0.25, 0.3) is 5.91 Å². The number of nitrogens with two attached hydrogens (primary N) is 1. The van der Waals surface area contributed by atoms with E-state index in [9.17, 15) is 4.79 Å². The van der Waals surface area contributed by atoms with Crippen molar-refractivity contribution in [3.8, 4) is 0 Å². The lowest BCUT2D eigenvalue weighted by atomic mass is 10.2. The Bertz CT molecular complexity index is 404. The predicted octanol–water partition coefficient (Wildman–Crippen LogP) is 3.52. The Morgan fingerprint density at radius 1 is 1.15 bits per heavy atom. The number of rotatable bonds is 9. The monoisotopic (exact) mass is 279 g/mol. The summed E-state index contributed by atoms with van der Waals surface area (Å²) < 4.78 is 1.99. The molecule has 1 rings (SSSR count). The molecular weight excluding hydrogens is 250 g/mol. The fourth-order valence-corrected chi connectivity index (χ4v) is 2.31. The van der Waals surface area contributed by atoms with Gasteiger partial charge in [-0.05, 0) is 25.3 Å². The van der Waals surface area contributed by atoms with Crippen LogP contribution in [0.1, 0.15) is 63.4 Å². The highest BCUT2D eigenvalue weighted by molar-refractivity contribution is 5.93. The Morgan fingerprint density at radius 2 is 1.75 bits per heavy atom. The first-order valence-corrected chi connectivity index (χ1v) is 7.88. The number of hydrogen-bond donors (Lipinski definition) is 1. The fourth-order valence-electron chi connectivity index (χ4n) is 2.31. The lowest BCUT2D eigenvalue weighted by Crippen LogP contribution is -2.34. The first kappa shape index (κ1) is 16.6. The maximum Gasteiger partial charge on any atom is 0.270 e. The van der Waals surface area contributed by atoms with Gasteiger partial charge in [-0.2, -0.15) is 0 Å². The van der Waals surface area contributed by atoms with Gasteiger partial charge in [-0.3, -0.25) is 4.79 Å². The third-order valence-electron chi connectivity index (χ3n) is 3.45. The molecular formula is C16H29N3O. The molecule has 0 aliphatic carbocycles. The van der Waals surface area contributed by atoms with Gasteiger partial charge in [0.05, 0.1) is 5.69 Å². The summed E-state index contributed by atoms with van der Waals surface area (Å²) in [6.07, 6.45) is 7.19. The molecule has 0 atom stereocenters. The van der Waals surface area contributed by atoms with Crippen molar-refractivity contribution < 1.29 is 4.79 Å². The normalized spacial score (nSPS) is 10.8. The minimum atomic E-state index is 0.122. The predicted molar refractivity (Wildman–Crippen MR) is 84.9 cm³/mol. The lowest BCUT2D eigenvalue weighted by molar-refractivity contribution is 0.0740. The summed E-state index contributed by atoms with van der Waals surface area (Å²) in [6, 6.07) is 1.81. The first-order valence-electron chi connectivity index (χ1n) is 7.88. The van der Waals surface area contributed by atoms with E-state index in [2.05, 4.69) is 20.8 Å². The zero-order chi connectivity index (χ0) is 15.0. The molecule has 0 unspecified atom stereocenters. The van der Waals surface area contributed by atoms with Gasteiger partial charge in [0, 0.05) is 25.8 Å². The molecule has 0 radical (unpaired) electrons.